The zero-order valence-corrected chi connectivity index (χ0v) is 16.2. The van der Waals surface area contributed by atoms with Crippen LogP contribution in [0.15, 0.2) is 18.2 Å². The molecule has 4 rings (SSSR count). The fourth-order valence-electron chi connectivity index (χ4n) is 4.71. The third-order valence-corrected chi connectivity index (χ3v) is 5.85. The van der Waals surface area contributed by atoms with Crippen LogP contribution in [0.3, 0.4) is 0 Å². The summed E-state index contributed by atoms with van der Waals surface area (Å²) in [6.45, 7) is 3.20. The molecule has 28 heavy (non-hydrogen) atoms. The van der Waals surface area contributed by atoms with Crippen LogP contribution in [-0.2, 0) is 35.3 Å². The molecule has 1 aliphatic heterocycles. The van der Waals surface area contributed by atoms with Gasteiger partial charge in [0.15, 0.2) is 0 Å². The van der Waals surface area contributed by atoms with Gasteiger partial charge in [-0.1, -0.05) is 6.07 Å². The van der Waals surface area contributed by atoms with Crippen molar-refractivity contribution >= 4 is 11.9 Å². The average Bonchev–Trinajstić information content (AvgIpc) is 3.39. The minimum Gasteiger partial charge on any atom is -0.478 e. The zero-order chi connectivity index (χ0) is 20.1. The molecule has 1 aromatic rings. The first-order chi connectivity index (χ1) is 13.5. The summed E-state index contributed by atoms with van der Waals surface area (Å²) < 4.78 is 0. The molecule has 0 spiro atoms. The van der Waals surface area contributed by atoms with Crippen molar-refractivity contribution in [3.05, 3.63) is 46.0 Å². The molecule has 1 heterocycles. The number of nitrogens with zero attached hydrogens (tertiary/aromatic N) is 1. The number of carboxylic acid groups (broad SMARTS) is 2. The summed E-state index contributed by atoms with van der Waals surface area (Å²) in [5.74, 6) is -2.51. The molecule has 0 aromatic heterocycles. The molecule has 2 aliphatic carbocycles. The number of rotatable bonds is 5. The number of aryl methyl sites for hydroxylation is 2. The number of aliphatic carboxylic acids is 2. The van der Waals surface area contributed by atoms with Gasteiger partial charge in [0.2, 0.25) is 0 Å². The Morgan fingerprint density at radius 2 is 1.39 bits per heavy atom. The fraction of sp³-hybridized carbons (Fsp3) is 0.545. The van der Waals surface area contributed by atoms with Crippen LogP contribution in [0, 0.1) is 0 Å². The number of benzene rings is 1. The van der Waals surface area contributed by atoms with Crippen molar-refractivity contribution in [2.24, 2.45) is 0 Å². The predicted octanol–water partition coefficient (Wildman–Crippen LogP) is 2.51. The van der Waals surface area contributed by atoms with Crippen molar-refractivity contribution in [1.29, 1.82) is 0 Å². The Labute approximate surface area is 165 Å². The molecule has 3 N–H and O–H groups in total. The molecule has 1 saturated heterocycles. The summed E-state index contributed by atoms with van der Waals surface area (Å²) in [5, 5.41) is 26.5. The van der Waals surface area contributed by atoms with E-state index in [9.17, 15) is 14.7 Å². The summed E-state index contributed by atoms with van der Waals surface area (Å²) in [7, 11) is 0. The molecule has 0 amide bonds. The van der Waals surface area contributed by atoms with Gasteiger partial charge < -0.3 is 20.2 Å². The Hall–Kier alpha value is -2.18. The third kappa shape index (κ3) is 5.00. The van der Waals surface area contributed by atoms with Crippen LogP contribution in [0.4, 0.5) is 0 Å². The number of carbonyl (C=O) groups is 2. The quantitative estimate of drug-likeness (QED) is 0.672. The largest absolute Gasteiger partial charge is 0.478 e. The van der Waals surface area contributed by atoms with E-state index >= 15 is 0 Å². The highest BCUT2D eigenvalue weighted by atomic mass is 16.4. The minimum absolute atomic E-state index is 0.256. The van der Waals surface area contributed by atoms with Gasteiger partial charge in [-0.05, 0) is 92.3 Å². The maximum absolute atomic E-state index is 10.9. The van der Waals surface area contributed by atoms with Crippen LogP contribution in [0.5, 0.6) is 0 Å². The number of hydrogen-bond donors (Lipinski definition) is 3. The van der Waals surface area contributed by atoms with Crippen LogP contribution in [0.2, 0.25) is 0 Å². The van der Waals surface area contributed by atoms with E-state index in [0.29, 0.717) is 12.2 Å². The summed E-state index contributed by atoms with van der Waals surface area (Å²) >= 11 is 0. The molecule has 1 unspecified atom stereocenters. The van der Waals surface area contributed by atoms with Gasteiger partial charge in [0.25, 0.3) is 0 Å². The zero-order valence-electron chi connectivity index (χ0n) is 16.2. The number of aliphatic hydroxyl groups is 1. The van der Waals surface area contributed by atoms with E-state index in [1.807, 2.05) is 0 Å². The Bertz CT molecular complexity index is 716. The molecule has 1 fully saturated rings. The summed E-state index contributed by atoms with van der Waals surface area (Å²) in [4.78, 5) is 21.6. The van der Waals surface area contributed by atoms with Crippen LogP contribution >= 0.6 is 0 Å². The second-order valence-electron chi connectivity index (χ2n) is 7.81. The smallest absolute Gasteiger partial charge is 0.328 e. The molecular formula is C22H29NO5. The van der Waals surface area contributed by atoms with Gasteiger partial charge in [-0.2, -0.15) is 0 Å². The monoisotopic (exact) mass is 387 g/mol. The van der Waals surface area contributed by atoms with E-state index in [1.165, 1.54) is 81.1 Å². The molecule has 3 aliphatic rings. The van der Waals surface area contributed by atoms with Crippen LogP contribution < -0.4 is 0 Å². The lowest BCUT2D eigenvalue weighted by molar-refractivity contribution is -0.134. The SMILES string of the molecule is O=C(O)/C=C\C(=O)O.OC(CN1CCCC1)c1c2c(cc3c1CCC3)CCC2. The average molecular weight is 387 g/mol. The van der Waals surface area contributed by atoms with Crippen molar-refractivity contribution < 1.29 is 24.9 Å². The highest BCUT2D eigenvalue weighted by Crippen LogP contribution is 2.38. The third-order valence-electron chi connectivity index (χ3n) is 5.85. The molecule has 6 heteroatoms. The predicted molar refractivity (Wildman–Crippen MR) is 106 cm³/mol. The van der Waals surface area contributed by atoms with Gasteiger partial charge in [-0.25, -0.2) is 9.59 Å². The maximum atomic E-state index is 10.9. The minimum atomic E-state index is -1.26. The van der Waals surface area contributed by atoms with Crippen LogP contribution in [0.1, 0.15) is 59.6 Å². The summed E-state index contributed by atoms with van der Waals surface area (Å²) in [5.41, 5.74) is 7.45. The van der Waals surface area contributed by atoms with Crippen molar-refractivity contribution in [2.45, 2.75) is 57.5 Å². The van der Waals surface area contributed by atoms with Gasteiger partial charge in [-0.3, -0.25) is 0 Å². The molecule has 0 radical (unpaired) electrons. The van der Waals surface area contributed by atoms with E-state index < -0.39 is 11.9 Å². The Kier molecular flexibility index (Phi) is 6.86. The molecular weight excluding hydrogens is 358 g/mol. The Morgan fingerprint density at radius 3 is 1.86 bits per heavy atom. The van der Waals surface area contributed by atoms with Crippen molar-refractivity contribution in [3.63, 3.8) is 0 Å². The number of hydrogen-bond acceptors (Lipinski definition) is 4. The molecule has 1 aromatic carbocycles. The van der Waals surface area contributed by atoms with E-state index in [2.05, 4.69) is 11.0 Å². The first-order valence-corrected chi connectivity index (χ1v) is 10.2. The van der Waals surface area contributed by atoms with Crippen LogP contribution in [0.25, 0.3) is 0 Å². The van der Waals surface area contributed by atoms with Gasteiger partial charge in [-0.15, -0.1) is 0 Å². The second-order valence-corrected chi connectivity index (χ2v) is 7.81. The van der Waals surface area contributed by atoms with E-state index in [1.54, 1.807) is 11.1 Å². The molecule has 0 saturated carbocycles. The van der Waals surface area contributed by atoms with Crippen molar-refractivity contribution in [3.8, 4) is 0 Å². The normalized spacial score (nSPS) is 19.2. The maximum Gasteiger partial charge on any atom is 0.328 e. The van der Waals surface area contributed by atoms with E-state index in [0.717, 1.165) is 6.54 Å². The summed E-state index contributed by atoms with van der Waals surface area (Å²) in [6, 6.07) is 2.46. The molecule has 152 valence electrons. The standard InChI is InChI=1S/C18H25NO.C4H4O4/c20-17(12-19-9-1-2-10-19)18-15-7-3-5-13(15)11-14-6-4-8-16(14)18;5-3(6)1-2-4(7)8/h11,17,20H,1-10,12H2;1-2H,(H,5,6)(H,7,8)/b;2-1-. The number of β-amino-alcohol motifs (C(OH)–C–C–N with tert-alkyl or cyclic N) is 1. The van der Waals surface area contributed by atoms with Crippen molar-refractivity contribution in [1.82, 2.24) is 4.90 Å². The van der Waals surface area contributed by atoms with Crippen molar-refractivity contribution in [2.75, 3.05) is 19.6 Å². The van der Waals surface area contributed by atoms with Gasteiger partial charge in [0.05, 0.1) is 6.10 Å². The van der Waals surface area contributed by atoms with Crippen LogP contribution in [-0.4, -0.2) is 51.8 Å². The molecule has 1 atom stereocenters. The number of aliphatic hydroxyl groups excluding tert-OH is 1. The van der Waals surface area contributed by atoms with Gasteiger partial charge in [0.1, 0.15) is 0 Å². The molecule has 6 nitrogen and oxygen atoms in total. The Morgan fingerprint density at radius 1 is 0.893 bits per heavy atom. The lowest BCUT2D eigenvalue weighted by Gasteiger charge is -2.24. The van der Waals surface area contributed by atoms with Gasteiger partial charge >= 0.3 is 11.9 Å². The first-order valence-electron chi connectivity index (χ1n) is 10.2. The lowest BCUT2D eigenvalue weighted by Crippen LogP contribution is -2.26. The highest BCUT2D eigenvalue weighted by molar-refractivity contribution is 5.89. The molecule has 0 bridgehead atoms. The number of carboxylic acids is 2. The number of fused-ring (bicyclic) bond motifs is 2. The second kappa shape index (κ2) is 9.34. The topological polar surface area (TPSA) is 98.1 Å². The highest BCUT2D eigenvalue weighted by Gasteiger charge is 2.28. The number of likely N-dealkylation sites (tertiary alicyclic amines) is 1. The lowest BCUT2D eigenvalue weighted by atomic mass is 9.90. The first kappa shape index (κ1) is 20.6. The van der Waals surface area contributed by atoms with Gasteiger partial charge in [0, 0.05) is 18.7 Å². The summed E-state index contributed by atoms with van der Waals surface area (Å²) in [6.07, 6.45) is 10.9. The van der Waals surface area contributed by atoms with E-state index in [-0.39, 0.29) is 6.10 Å². The van der Waals surface area contributed by atoms with E-state index in [4.69, 9.17) is 10.2 Å². The fourth-order valence-corrected chi connectivity index (χ4v) is 4.71. The Balaban J connectivity index is 0.000000242.